The van der Waals surface area contributed by atoms with E-state index in [-0.39, 0.29) is 0 Å². The second-order valence-corrected chi connectivity index (χ2v) is 4.47. The first-order valence-electron chi connectivity index (χ1n) is 7.21. The maximum absolute atomic E-state index is 12.4. The van der Waals surface area contributed by atoms with Crippen LogP contribution >= 0.6 is 0 Å². The van der Waals surface area contributed by atoms with Crippen molar-refractivity contribution in [2.45, 2.75) is 26.0 Å². The number of pyridine rings is 1. The molecule has 0 aliphatic heterocycles. The molecule has 2 aromatic rings. The van der Waals surface area contributed by atoms with E-state index in [1.807, 2.05) is 13.8 Å². The summed E-state index contributed by atoms with van der Waals surface area (Å²) in [5, 5.41) is 2.35. The number of halogens is 3. The molecule has 0 saturated heterocycles. The van der Waals surface area contributed by atoms with Crippen LogP contribution in [0.25, 0.3) is 0 Å². The molecule has 1 heterocycles. The molecule has 0 aliphatic carbocycles. The van der Waals surface area contributed by atoms with Gasteiger partial charge in [0, 0.05) is 5.94 Å². The molecule has 1 amide bonds. The lowest BCUT2D eigenvalue weighted by molar-refractivity contribution is -0.141. The molecule has 2 N–H and O–H groups in total. The Morgan fingerprint density at radius 2 is 1.71 bits per heavy atom. The Labute approximate surface area is 138 Å². The van der Waals surface area contributed by atoms with E-state index in [2.05, 4.69) is 5.32 Å². The zero-order valence-electron chi connectivity index (χ0n) is 13.1. The van der Waals surface area contributed by atoms with E-state index < -0.39 is 34.8 Å². The third-order valence-corrected chi connectivity index (χ3v) is 2.90. The molecule has 1 aromatic heterocycles. The summed E-state index contributed by atoms with van der Waals surface area (Å²) in [6, 6.07) is 9.97. The fourth-order valence-electron chi connectivity index (χ4n) is 1.78. The number of carbonyl (C=O) groups excluding carboxylic acids is 1. The lowest BCUT2D eigenvalue weighted by atomic mass is 9.89. The van der Waals surface area contributed by atoms with Crippen molar-refractivity contribution < 1.29 is 18.0 Å². The van der Waals surface area contributed by atoms with Gasteiger partial charge in [-0.3, -0.25) is 9.59 Å². The highest BCUT2D eigenvalue weighted by Gasteiger charge is 2.32. The Morgan fingerprint density at radius 3 is 2.21 bits per heavy atom. The smallest absolute Gasteiger partial charge is 0.354 e. The van der Waals surface area contributed by atoms with Crippen molar-refractivity contribution in [3.63, 3.8) is 0 Å². The first kappa shape index (κ1) is 19.5. The highest BCUT2D eigenvalue weighted by atomic mass is 19.4. The monoisotopic (exact) mass is 336 g/mol. The molecule has 0 aliphatic rings. The molecule has 24 heavy (non-hydrogen) atoms. The molecule has 126 valence electrons. The number of alkyl halides is 3. The van der Waals surface area contributed by atoms with Gasteiger partial charge in [0.1, 0.15) is 19.1 Å². The number of amides is 1. The fourth-order valence-corrected chi connectivity index (χ4v) is 1.78. The highest BCUT2D eigenvalue weighted by Crippen LogP contribution is 2.26. The first-order valence-corrected chi connectivity index (χ1v) is 7.21. The third kappa shape index (κ3) is 5.01. The molecule has 0 fully saturated rings. The number of aromatic amines is 1. The van der Waals surface area contributed by atoms with Crippen LogP contribution in [0.5, 0.6) is 0 Å². The highest BCUT2D eigenvalue weighted by molar-refractivity contribution is 6.14. The number of hydrogen-bond donors (Lipinski definition) is 2. The minimum Gasteiger partial charge on any atom is -0.354 e. The normalized spacial score (nSPS) is 11.9. The Morgan fingerprint density at radius 1 is 1.12 bits per heavy atom. The second kappa shape index (κ2) is 8.38. The van der Waals surface area contributed by atoms with E-state index in [4.69, 9.17) is 7.85 Å². The Bertz CT molecular complexity index is 730. The molecule has 4 nitrogen and oxygen atoms in total. The maximum atomic E-state index is 12.4. The second-order valence-electron chi connectivity index (χ2n) is 4.47. The van der Waals surface area contributed by atoms with Crippen LogP contribution in [0, 0.1) is 0 Å². The van der Waals surface area contributed by atoms with E-state index in [9.17, 15) is 22.8 Å². The molecule has 0 spiro atoms. The van der Waals surface area contributed by atoms with Gasteiger partial charge in [-0.15, -0.1) is 0 Å². The quantitative estimate of drug-likeness (QED) is 0.847. The van der Waals surface area contributed by atoms with E-state index >= 15 is 0 Å². The fraction of sp³-hybridized carbons (Fsp3) is 0.250. The molecular weight excluding hydrogens is 320 g/mol. The van der Waals surface area contributed by atoms with Crippen molar-refractivity contribution in [3.05, 3.63) is 69.6 Å². The van der Waals surface area contributed by atoms with Crippen LogP contribution in [0.2, 0.25) is 0 Å². The van der Waals surface area contributed by atoms with Crippen molar-refractivity contribution in [1.29, 1.82) is 0 Å². The van der Waals surface area contributed by atoms with Gasteiger partial charge in [0.15, 0.2) is 0 Å². The van der Waals surface area contributed by atoms with Gasteiger partial charge in [0.25, 0.3) is 11.5 Å². The molecule has 8 heteroatoms. The van der Waals surface area contributed by atoms with Crippen LogP contribution < -0.4 is 10.9 Å². The summed E-state index contributed by atoms with van der Waals surface area (Å²) in [5.74, 6) is -1.73. The molecule has 1 unspecified atom stereocenters. The summed E-state index contributed by atoms with van der Waals surface area (Å²) < 4.78 is 37.3. The van der Waals surface area contributed by atoms with Crippen molar-refractivity contribution in [1.82, 2.24) is 10.3 Å². The Balaban J connectivity index is 0.00000139. The predicted octanol–water partition coefficient (Wildman–Crippen LogP) is 3.02. The molecule has 2 radical (unpaired) electrons. The van der Waals surface area contributed by atoms with Crippen LogP contribution in [0.3, 0.4) is 0 Å². The first-order chi connectivity index (χ1) is 11.3. The van der Waals surface area contributed by atoms with Gasteiger partial charge < -0.3 is 10.3 Å². The summed E-state index contributed by atoms with van der Waals surface area (Å²) in [7, 11) is 5.76. The summed E-state index contributed by atoms with van der Waals surface area (Å²) in [5.41, 5.74) is -2.20. The van der Waals surface area contributed by atoms with Crippen LogP contribution in [-0.4, -0.2) is 18.7 Å². The molecule has 0 saturated carbocycles. The van der Waals surface area contributed by atoms with Gasteiger partial charge in [-0.25, -0.2) is 0 Å². The molecule has 1 aromatic carbocycles. The lowest BCUT2D eigenvalue weighted by Gasteiger charge is -2.14. The van der Waals surface area contributed by atoms with Crippen molar-refractivity contribution >= 4 is 13.8 Å². The number of nitrogens with one attached hydrogen (secondary N) is 2. The number of carbonyl (C=O) groups is 1. The lowest BCUT2D eigenvalue weighted by Crippen LogP contribution is -2.33. The average Bonchev–Trinajstić information content (AvgIpc) is 2.56. The van der Waals surface area contributed by atoms with Gasteiger partial charge in [0.05, 0.1) is 0 Å². The zero-order chi connectivity index (χ0) is 18.3. The van der Waals surface area contributed by atoms with E-state index in [0.717, 1.165) is 6.07 Å². The number of hydrogen-bond acceptors (Lipinski definition) is 2. The number of H-pyrrole nitrogens is 1. The Hall–Kier alpha value is -2.51. The van der Waals surface area contributed by atoms with Crippen molar-refractivity contribution in [2.24, 2.45) is 0 Å². The molecular formula is C16H16BF3N2O2. The van der Waals surface area contributed by atoms with E-state index in [1.54, 1.807) is 35.3 Å². The number of rotatable bonds is 3. The molecule has 2 rings (SSSR count). The van der Waals surface area contributed by atoms with Gasteiger partial charge in [-0.1, -0.05) is 44.2 Å². The summed E-state index contributed by atoms with van der Waals surface area (Å²) in [6.45, 7) is 4.00. The van der Waals surface area contributed by atoms with Crippen LogP contribution in [0.1, 0.15) is 41.4 Å². The summed E-state index contributed by atoms with van der Waals surface area (Å²) in [4.78, 5) is 25.1. The Kier molecular flexibility index (Phi) is 6.82. The van der Waals surface area contributed by atoms with Gasteiger partial charge in [0.2, 0.25) is 0 Å². The summed E-state index contributed by atoms with van der Waals surface area (Å²) in [6.07, 6.45) is -4.69. The number of benzene rings is 1. The zero-order valence-corrected chi connectivity index (χ0v) is 13.1. The van der Waals surface area contributed by atoms with Crippen LogP contribution in [0.15, 0.2) is 47.3 Å². The van der Waals surface area contributed by atoms with Gasteiger partial charge in [-0.2, -0.15) is 13.2 Å². The maximum Gasteiger partial charge on any atom is 0.431 e. The van der Waals surface area contributed by atoms with Crippen LogP contribution in [-0.2, 0) is 6.18 Å². The minimum atomic E-state index is -4.69. The average molecular weight is 336 g/mol. The van der Waals surface area contributed by atoms with Crippen molar-refractivity contribution in [2.75, 3.05) is 0 Å². The van der Waals surface area contributed by atoms with Gasteiger partial charge >= 0.3 is 6.18 Å². The third-order valence-electron chi connectivity index (χ3n) is 2.90. The number of aromatic nitrogens is 1. The van der Waals surface area contributed by atoms with Gasteiger partial charge in [-0.05, 0) is 17.7 Å². The molecule has 1 atom stereocenters. The summed E-state index contributed by atoms with van der Waals surface area (Å²) >= 11 is 0. The largest absolute Gasteiger partial charge is 0.431 e. The topological polar surface area (TPSA) is 62.0 Å². The minimum absolute atomic E-state index is 0.445. The standard InChI is InChI=1S/C14H10BF3N2O2.C2H6/c15-11(8-4-2-1-3-5-8)20-13(22)9-6-7-10(14(16,17)18)19-12(9)21;1-2/h1-7,11H,(H,19,21)(H,20,22);1-2H3. The SMILES string of the molecule is CC.[B]C(NC(=O)c1ccc(C(F)(F)F)[nH]c1=O)c1ccccc1. The predicted molar refractivity (Wildman–Crippen MR) is 85.8 cm³/mol. The van der Waals surface area contributed by atoms with Crippen LogP contribution in [0.4, 0.5) is 13.2 Å². The molecule has 0 bridgehead atoms. The van der Waals surface area contributed by atoms with E-state index in [1.165, 1.54) is 0 Å². The van der Waals surface area contributed by atoms with E-state index in [0.29, 0.717) is 11.6 Å². The van der Waals surface area contributed by atoms with Crippen molar-refractivity contribution in [3.8, 4) is 0 Å².